The Balaban J connectivity index is 4.25. The summed E-state index contributed by atoms with van der Waals surface area (Å²) in [6.45, 7) is 6.66. The molecule has 0 saturated carbocycles. The summed E-state index contributed by atoms with van der Waals surface area (Å²) in [4.78, 5) is 38.3. The van der Waals surface area contributed by atoms with Crippen molar-refractivity contribution in [3.63, 3.8) is 0 Å². The maximum absolute atomic E-state index is 12.9. The smallest absolute Gasteiger partial charge is 0.306 e. The second-order valence-electron chi connectivity index (χ2n) is 22.7. The lowest BCUT2D eigenvalue weighted by Gasteiger charge is -2.18. The van der Waals surface area contributed by atoms with Gasteiger partial charge in [-0.3, -0.25) is 14.4 Å². The quantitative estimate of drug-likeness (QED) is 0.0261. The summed E-state index contributed by atoms with van der Waals surface area (Å²) in [5.41, 5.74) is 0. The van der Waals surface area contributed by atoms with E-state index in [0.717, 1.165) is 77.0 Å². The van der Waals surface area contributed by atoms with Crippen LogP contribution in [0.1, 0.15) is 361 Å². The highest BCUT2D eigenvalue weighted by Crippen LogP contribution is 2.17. The number of esters is 3. The van der Waals surface area contributed by atoms with E-state index in [1.165, 1.54) is 244 Å². The first-order valence-corrected chi connectivity index (χ1v) is 33.6. The normalized spacial score (nSPS) is 12.3. The molecule has 1 atom stereocenters. The summed E-state index contributed by atoms with van der Waals surface area (Å²) in [7, 11) is 0. The molecule has 0 aliphatic heterocycles. The molecule has 0 bridgehead atoms. The number of carbonyl (C=O) groups is 3. The van der Waals surface area contributed by atoms with Crippen LogP contribution in [0.3, 0.4) is 0 Å². The van der Waals surface area contributed by atoms with Gasteiger partial charge in [0.25, 0.3) is 0 Å². The van der Waals surface area contributed by atoms with Crippen LogP contribution in [-0.4, -0.2) is 37.2 Å². The van der Waals surface area contributed by atoms with Crippen LogP contribution < -0.4 is 0 Å². The van der Waals surface area contributed by atoms with Crippen molar-refractivity contribution in [2.24, 2.45) is 0 Å². The minimum atomic E-state index is -0.780. The molecule has 0 spiro atoms. The third-order valence-corrected chi connectivity index (χ3v) is 15.0. The van der Waals surface area contributed by atoms with Crippen molar-refractivity contribution in [1.29, 1.82) is 0 Å². The molecule has 0 fully saturated rings. The van der Waals surface area contributed by atoms with Crippen molar-refractivity contribution in [3.05, 3.63) is 48.6 Å². The molecule has 0 aliphatic rings. The summed E-state index contributed by atoms with van der Waals surface area (Å²) >= 11 is 0. The number of hydrogen-bond acceptors (Lipinski definition) is 6. The van der Waals surface area contributed by atoms with E-state index in [9.17, 15) is 14.4 Å². The fourth-order valence-corrected chi connectivity index (χ4v) is 9.94. The Morgan fingerprint density at radius 2 is 0.474 bits per heavy atom. The molecule has 0 saturated heterocycles. The van der Waals surface area contributed by atoms with E-state index < -0.39 is 6.10 Å². The molecule has 6 heteroatoms. The Labute approximate surface area is 473 Å². The van der Waals surface area contributed by atoms with Crippen molar-refractivity contribution >= 4 is 17.9 Å². The third-order valence-electron chi connectivity index (χ3n) is 15.0. The van der Waals surface area contributed by atoms with Gasteiger partial charge >= 0.3 is 17.9 Å². The largest absolute Gasteiger partial charge is 0.462 e. The van der Waals surface area contributed by atoms with Crippen molar-refractivity contribution in [3.8, 4) is 0 Å². The van der Waals surface area contributed by atoms with Gasteiger partial charge in [0.15, 0.2) is 6.10 Å². The van der Waals surface area contributed by atoms with Crippen molar-refractivity contribution in [2.75, 3.05) is 13.2 Å². The van der Waals surface area contributed by atoms with Crippen LogP contribution >= 0.6 is 0 Å². The number of ether oxygens (including phenoxy) is 3. The van der Waals surface area contributed by atoms with Gasteiger partial charge in [0.2, 0.25) is 0 Å². The molecule has 0 aromatic rings. The zero-order valence-electron chi connectivity index (χ0n) is 51.0. The fraction of sp³-hybridized carbons (Fsp3) is 0.843. The molecule has 0 aromatic heterocycles. The lowest BCUT2D eigenvalue weighted by atomic mass is 10.0. The lowest BCUT2D eigenvalue weighted by Crippen LogP contribution is -2.30. The van der Waals surface area contributed by atoms with Gasteiger partial charge in [-0.2, -0.15) is 0 Å². The van der Waals surface area contributed by atoms with Gasteiger partial charge < -0.3 is 14.2 Å². The van der Waals surface area contributed by atoms with Gasteiger partial charge in [-0.05, 0) is 103 Å². The average Bonchev–Trinajstić information content (AvgIpc) is 3.42. The van der Waals surface area contributed by atoms with Crippen molar-refractivity contribution in [2.45, 2.75) is 367 Å². The van der Waals surface area contributed by atoms with Gasteiger partial charge in [0.05, 0.1) is 0 Å². The third kappa shape index (κ3) is 62.2. The lowest BCUT2D eigenvalue weighted by molar-refractivity contribution is -0.167. The molecule has 6 nitrogen and oxygen atoms in total. The Morgan fingerprint density at radius 1 is 0.263 bits per heavy atom. The molecular formula is C70H128O6. The summed E-state index contributed by atoms with van der Waals surface area (Å²) < 4.78 is 16.9. The Kier molecular flexibility index (Phi) is 62.6. The van der Waals surface area contributed by atoms with E-state index >= 15 is 0 Å². The second kappa shape index (κ2) is 64.9. The number of rotatable bonds is 62. The summed E-state index contributed by atoms with van der Waals surface area (Å²) in [5, 5.41) is 0. The number of allylic oxidation sites excluding steroid dienone is 8. The van der Waals surface area contributed by atoms with Crippen LogP contribution in [-0.2, 0) is 28.6 Å². The maximum Gasteiger partial charge on any atom is 0.306 e. The summed E-state index contributed by atoms with van der Waals surface area (Å²) in [6, 6.07) is 0. The molecule has 0 rings (SSSR count). The van der Waals surface area contributed by atoms with Gasteiger partial charge in [0.1, 0.15) is 13.2 Å². The number of hydrogen-bond donors (Lipinski definition) is 0. The summed E-state index contributed by atoms with van der Waals surface area (Å²) in [5.74, 6) is -0.872. The molecule has 0 heterocycles. The highest BCUT2D eigenvalue weighted by atomic mass is 16.6. The molecule has 0 aromatic carbocycles. The SMILES string of the molecule is CCCCCCC/C=C\C/C=C\CCCCCCCCCCCCCCCCCC(=O)OCC(COC(=O)CCCCCCC/C=C\CCCCCCCC)OC(=O)CCCCCCC/C=C\CCCCCCCCC. The van der Waals surface area contributed by atoms with E-state index in [0.29, 0.717) is 19.3 Å². The highest BCUT2D eigenvalue weighted by molar-refractivity contribution is 5.71. The van der Waals surface area contributed by atoms with E-state index in [1.54, 1.807) is 0 Å². The van der Waals surface area contributed by atoms with Crippen LogP contribution in [0, 0.1) is 0 Å². The van der Waals surface area contributed by atoms with Crippen molar-refractivity contribution < 1.29 is 28.6 Å². The molecule has 76 heavy (non-hydrogen) atoms. The van der Waals surface area contributed by atoms with Gasteiger partial charge in [-0.1, -0.05) is 288 Å². The zero-order chi connectivity index (χ0) is 55.0. The number of unbranched alkanes of at least 4 members (excludes halogenated alkanes) is 43. The highest BCUT2D eigenvalue weighted by Gasteiger charge is 2.19. The van der Waals surface area contributed by atoms with E-state index in [-0.39, 0.29) is 31.1 Å². The maximum atomic E-state index is 12.9. The van der Waals surface area contributed by atoms with E-state index in [2.05, 4.69) is 69.4 Å². The Bertz CT molecular complexity index is 1310. The van der Waals surface area contributed by atoms with E-state index in [4.69, 9.17) is 14.2 Å². The molecule has 1 unspecified atom stereocenters. The monoisotopic (exact) mass is 1060 g/mol. The predicted octanol–water partition coefficient (Wildman–Crippen LogP) is 22.9. The molecular weight excluding hydrogens is 937 g/mol. The standard InChI is InChI=1S/C70H128O6/c1-4-7-10-13-16-19-22-25-28-30-31-32-33-34-35-36-37-38-39-40-43-45-48-51-54-57-60-63-69(72)75-66-67(65-74-68(71)62-59-56-53-50-47-44-41-27-24-21-18-15-12-9-6-3)76-70(73)64-61-58-55-52-49-46-42-29-26-23-20-17-14-11-8-5-2/h22,25,27,29-31,41-42,67H,4-21,23-24,26,28,32-40,43-66H2,1-3H3/b25-22-,31-30-,41-27-,42-29-. The van der Waals surface area contributed by atoms with Crippen LogP contribution in [0.5, 0.6) is 0 Å². The first-order valence-electron chi connectivity index (χ1n) is 33.6. The summed E-state index contributed by atoms with van der Waals surface area (Å²) in [6.07, 6.45) is 81.3. The van der Waals surface area contributed by atoms with Gasteiger partial charge in [-0.15, -0.1) is 0 Å². The second-order valence-corrected chi connectivity index (χ2v) is 22.7. The van der Waals surface area contributed by atoms with Crippen LogP contribution in [0.4, 0.5) is 0 Å². The predicted molar refractivity (Wildman–Crippen MR) is 330 cm³/mol. The molecule has 0 N–H and O–H groups in total. The Morgan fingerprint density at radius 3 is 0.737 bits per heavy atom. The van der Waals surface area contributed by atoms with Crippen molar-refractivity contribution in [1.82, 2.24) is 0 Å². The Hall–Kier alpha value is -2.63. The van der Waals surface area contributed by atoms with Crippen LogP contribution in [0.2, 0.25) is 0 Å². The first-order chi connectivity index (χ1) is 37.5. The molecule has 0 radical (unpaired) electrons. The zero-order valence-corrected chi connectivity index (χ0v) is 51.0. The first kappa shape index (κ1) is 73.4. The number of carbonyl (C=O) groups excluding carboxylic acids is 3. The fourth-order valence-electron chi connectivity index (χ4n) is 9.94. The molecule has 0 aliphatic carbocycles. The average molecular weight is 1070 g/mol. The molecule has 444 valence electrons. The minimum Gasteiger partial charge on any atom is -0.462 e. The van der Waals surface area contributed by atoms with Gasteiger partial charge in [-0.25, -0.2) is 0 Å². The van der Waals surface area contributed by atoms with Crippen LogP contribution in [0.25, 0.3) is 0 Å². The van der Waals surface area contributed by atoms with Gasteiger partial charge in [0, 0.05) is 19.3 Å². The topological polar surface area (TPSA) is 78.9 Å². The van der Waals surface area contributed by atoms with Crippen LogP contribution in [0.15, 0.2) is 48.6 Å². The molecule has 0 amide bonds. The minimum absolute atomic E-state index is 0.0760. The van der Waals surface area contributed by atoms with E-state index in [1.807, 2.05) is 0 Å².